The molecule has 0 spiro atoms. The maximum absolute atomic E-state index is 12.4. The maximum atomic E-state index is 12.4. The van der Waals surface area contributed by atoms with Crippen molar-refractivity contribution in [3.63, 3.8) is 0 Å². The smallest absolute Gasteiger partial charge is 0.228 e. The Hall–Kier alpha value is -1.79. The molecule has 21 heavy (non-hydrogen) atoms. The quantitative estimate of drug-likeness (QED) is 0.846. The van der Waals surface area contributed by atoms with Crippen LogP contribution in [0.1, 0.15) is 44.7 Å². The highest BCUT2D eigenvalue weighted by atomic mass is 16.2. The molecule has 0 atom stereocenters. The van der Waals surface area contributed by atoms with Gasteiger partial charge in [-0.3, -0.25) is 4.79 Å². The van der Waals surface area contributed by atoms with Crippen LogP contribution in [0.2, 0.25) is 0 Å². The van der Waals surface area contributed by atoms with Gasteiger partial charge in [-0.05, 0) is 18.1 Å². The SMILES string of the molecule is CCC(C)(C)C(=O)N(C)Cc1ccccc1C#CCCO. The van der Waals surface area contributed by atoms with Crippen molar-refractivity contribution < 1.29 is 9.90 Å². The molecule has 1 amide bonds. The van der Waals surface area contributed by atoms with Crippen LogP contribution in [0.25, 0.3) is 0 Å². The van der Waals surface area contributed by atoms with Crippen LogP contribution in [0, 0.1) is 17.3 Å². The van der Waals surface area contributed by atoms with Gasteiger partial charge in [-0.25, -0.2) is 0 Å². The molecule has 0 aromatic heterocycles. The summed E-state index contributed by atoms with van der Waals surface area (Å²) in [6.45, 7) is 6.59. The lowest BCUT2D eigenvalue weighted by molar-refractivity contribution is -0.139. The second-order valence-corrected chi connectivity index (χ2v) is 5.83. The van der Waals surface area contributed by atoms with Crippen molar-refractivity contribution in [3.05, 3.63) is 35.4 Å². The zero-order valence-corrected chi connectivity index (χ0v) is 13.4. The topological polar surface area (TPSA) is 40.5 Å². The molecular formula is C18H25NO2. The summed E-state index contributed by atoms with van der Waals surface area (Å²) in [7, 11) is 1.83. The summed E-state index contributed by atoms with van der Waals surface area (Å²) in [5, 5.41) is 8.79. The first-order valence-electron chi connectivity index (χ1n) is 7.35. The molecule has 0 aliphatic heterocycles. The summed E-state index contributed by atoms with van der Waals surface area (Å²) in [6, 6.07) is 7.83. The van der Waals surface area contributed by atoms with Gasteiger partial charge in [0.15, 0.2) is 0 Å². The molecule has 0 heterocycles. The molecule has 3 nitrogen and oxygen atoms in total. The summed E-state index contributed by atoms with van der Waals surface area (Å²) in [5.74, 6) is 6.14. The molecule has 0 saturated heterocycles. The Labute approximate surface area is 128 Å². The van der Waals surface area contributed by atoms with E-state index >= 15 is 0 Å². The number of aliphatic hydroxyl groups is 1. The molecule has 1 aromatic carbocycles. The first kappa shape index (κ1) is 17.3. The minimum Gasteiger partial charge on any atom is -0.395 e. The van der Waals surface area contributed by atoms with Gasteiger partial charge in [-0.15, -0.1) is 0 Å². The van der Waals surface area contributed by atoms with Gasteiger partial charge < -0.3 is 10.0 Å². The van der Waals surface area contributed by atoms with E-state index in [9.17, 15) is 4.79 Å². The molecule has 0 aliphatic rings. The second-order valence-electron chi connectivity index (χ2n) is 5.83. The first-order valence-corrected chi connectivity index (χ1v) is 7.35. The van der Waals surface area contributed by atoms with Crippen molar-refractivity contribution in [1.82, 2.24) is 4.90 Å². The van der Waals surface area contributed by atoms with Crippen molar-refractivity contribution in [1.29, 1.82) is 0 Å². The zero-order valence-electron chi connectivity index (χ0n) is 13.4. The Morgan fingerprint density at radius 2 is 2.00 bits per heavy atom. The lowest BCUT2D eigenvalue weighted by Gasteiger charge is -2.28. The Morgan fingerprint density at radius 3 is 2.62 bits per heavy atom. The molecule has 0 bridgehead atoms. The Morgan fingerprint density at radius 1 is 1.33 bits per heavy atom. The number of hydrogen-bond acceptors (Lipinski definition) is 2. The molecule has 114 valence electrons. The molecule has 1 aromatic rings. The van der Waals surface area contributed by atoms with Gasteiger partial charge in [0.1, 0.15) is 0 Å². The standard InChI is InChI=1S/C18H25NO2/c1-5-18(2,3)17(21)19(4)14-16-12-7-6-10-15(16)11-8-9-13-20/h6-7,10,12,20H,5,9,13-14H2,1-4H3. The van der Waals surface area contributed by atoms with Gasteiger partial charge in [0.05, 0.1) is 6.61 Å². The van der Waals surface area contributed by atoms with Crippen LogP contribution in [0.3, 0.4) is 0 Å². The minimum atomic E-state index is -0.341. The van der Waals surface area contributed by atoms with Crippen LogP contribution in [0.4, 0.5) is 0 Å². The van der Waals surface area contributed by atoms with Crippen molar-refractivity contribution in [2.24, 2.45) is 5.41 Å². The third-order valence-electron chi connectivity index (χ3n) is 3.69. The Balaban J connectivity index is 2.89. The summed E-state index contributed by atoms with van der Waals surface area (Å²) < 4.78 is 0. The number of benzene rings is 1. The first-order chi connectivity index (χ1) is 9.92. The highest BCUT2D eigenvalue weighted by Gasteiger charge is 2.28. The number of aliphatic hydroxyl groups excluding tert-OH is 1. The number of amides is 1. The molecule has 1 N–H and O–H groups in total. The van der Waals surface area contributed by atoms with Gasteiger partial charge in [0, 0.05) is 31.0 Å². The molecular weight excluding hydrogens is 262 g/mol. The molecule has 0 saturated carbocycles. The van der Waals surface area contributed by atoms with Gasteiger partial charge in [-0.2, -0.15) is 0 Å². The van der Waals surface area contributed by atoms with E-state index in [0.717, 1.165) is 17.5 Å². The summed E-state index contributed by atoms with van der Waals surface area (Å²) in [6.07, 6.45) is 1.28. The lowest BCUT2D eigenvalue weighted by Crippen LogP contribution is -2.37. The van der Waals surface area contributed by atoms with Crippen LogP contribution in [0.15, 0.2) is 24.3 Å². The fourth-order valence-corrected chi connectivity index (χ4v) is 1.99. The predicted molar refractivity (Wildman–Crippen MR) is 85.6 cm³/mol. The number of rotatable bonds is 5. The van der Waals surface area contributed by atoms with E-state index in [0.29, 0.717) is 13.0 Å². The highest BCUT2D eigenvalue weighted by Crippen LogP contribution is 2.23. The van der Waals surface area contributed by atoms with E-state index in [4.69, 9.17) is 5.11 Å². The molecule has 1 rings (SSSR count). The average molecular weight is 287 g/mol. The van der Waals surface area contributed by atoms with Crippen LogP contribution < -0.4 is 0 Å². The predicted octanol–water partition coefficient (Wildman–Crippen LogP) is 2.82. The van der Waals surface area contributed by atoms with Crippen molar-refractivity contribution in [2.75, 3.05) is 13.7 Å². The molecule has 0 radical (unpaired) electrons. The van der Waals surface area contributed by atoms with Crippen LogP contribution in [0.5, 0.6) is 0 Å². The minimum absolute atomic E-state index is 0.0677. The van der Waals surface area contributed by atoms with Crippen LogP contribution in [-0.4, -0.2) is 29.6 Å². The third kappa shape index (κ3) is 4.91. The second kappa shape index (κ2) is 7.85. The highest BCUT2D eigenvalue weighted by molar-refractivity contribution is 5.81. The Kier molecular flexibility index (Phi) is 6.45. The van der Waals surface area contributed by atoms with E-state index in [2.05, 4.69) is 11.8 Å². The van der Waals surface area contributed by atoms with Gasteiger partial charge >= 0.3 is 0 Å². The summed E-state index contributed by atoms with van der Waals surface area (Å²) in [5.41, 5.74) is 1.61. The Bertz CT molecular complexity index is 538. The summed E-state index contributed by atoms with van der Waals surface area (Å²) >= 11 is 0. The largest absolute Gasteiger partial charge is 0.395 e. The maximum Gasteiger partial charge on any atom is 0.228 e. The number of nitrogens with zero attached hydrogens (tertiary/aromatic N) is 1. The fourth-order valence-electron chi connectivity index (χ4n) is 1.99. The molecule has 0 unspecified atom stereocenters. The van der Waals surface area contributed by atoms with E-state index in [1.54, 1.807) is 4.90 Å². The van der Waals surface area contributed by atoms with Gasteiger partial charge in [0.2, 0.25) is 5.91 Å². The summed E-state index contributed by atoms with van der Waals surface area (Å²) in [4.78, 5) is 14.2. The molecule has 0 aliphatic carbocycles. The van der Waals surface area contributed by atoms with Crippen molar-refractivity contribution in [3.8, 4) is 11.8 Å². The van der Waals surface area contributed by atoms with E-state index < -0.39 is 0 Å². The normalized spacial score (nSPS) is 10.7. The number of carbonyl (C=O) groups excluding carboxylic acids is 1. The van der Waals surface area contributed by atoms with Crippen LogP contribution >= 0.6 is 0 Å². The van der Waals surface area contributed by atoms with E-state index in [1.165, 1.54) is 0 Å². The average Bonchev–Trinajstić information content (AvgIpc) is 2.48. The van der Waals surface area contributed by atoms with E-state index in [-0.39, 0.29) is 17.9 Å². The van der Waals surface area contributed by atoms with Gasteiger partial charge in [0.25, 0.3) is 0 Å². The lowest BCUT2D eigenvalue weighted by atomic mass is 9.88. The van der Waals surface area contributed by atoms with Crippen LogP contribution in [-0.2, 0) is 11.3 Å². The monoisotopic (exact) mass is 287 g/mol. The zero-order chi connectivity index (χ0) is 15.9. The third-order valence-corrected chi connectivity index (χ3v) is 3.69. The molecule has 3 heteroatoms. The fraction of sp³-hybridized carbons (Fsp3) is 0.500. The number of carbonyl (C=O) groups is 1. The van der Waals surface area contributed by atoms with Crippen molar-refractivity contribution >= 4 is 5.91 Å². The van der Waals surface area contributed by atoms with Gasteiger partial charge in [-0.1, -0.05) is 50.8 Å². The van der Waals surface area contributed by atoms with E-state index in [1.807, 2.05) is 52.1 Å². The molecule has 0 fully saturated rings. The number of hydrogen-bond donors (Lipinski definition) is 1. The van der Waals surface area contributed by atoms with Crippen molar-refractivity contribution in [2.45, 2.75) is 40.2 Å².